The van der Waals surface area contributed by atoms with Gasteiger partial charge < -0.3 is 14.2 Å². The number of allylic oxidation sites excluding steroid dienone is 1. The summed E-state index contributed by atoms with van der Waals surface area (Å²) in [7, 11) is 1.44. The van der Waals surface area contributed by atoms with E-state index in [4.69, 9.17) is 14.2 Å². The van der Waals surface area contributed by atoms with Gasteiger partial charge in [0.1, 0.15) is 5.75 Å². The van der Waals surface area contributed by atoms with Crippen LogP contribution in [0.5, 0.6) is 5.75 Å². The van der Waals surface area contributed by atoms with Crippen molar-refractivity contribution in [1.29, 1.82) is 0 Å². The van der Waals surface area contributed by atoms with Crippen molar-refractivity contribution < 1.29 is 32.2 Å². The number of ether oxygens (including phenoxy) is 3. The number of benzene rings is 1. The first-order chi connectivity index (χ1) is 13.3. The Kier molecular flexibility index (Phi) is 10.1. The minimum atomic E-state index is -4.88. The quantitative estimate of drug-likeness (QED) is 0.126. The number of hydrogen-bond donors (Lipinski definition) is 0. The third kappa shape index (κ3) is 8.45. The topological polar surface area (TPSA) is 57.1 Å². The molecule has 0 aliphatic carbocycles. The van der Waals surface area contributed by atoms with Gasteiger partial charge in [-0.3, -0.25) is 0 Å². The van der Waals surface area contributed by atoms with Crippen molar-refractivity contribution in [3.05, 3.63) is 36.1 Å². The van der Waals surface area contributed by atoms with Crippen LogP contribution in [0.25, 0.3) is 0 Å². The van der Waals surface area contributed by atoms with E-state index in [1.54, 1.807) is 6.92 Å². The van der Waals surface area contributed by atoms with Crippen molar-refractivity contribution in [2.75, 3.05) is 13.7 Å². The summed E-state index contributed by atoms with van der Waals surface area (Å²) in [6.07, 6.45) is 0.526. The number of aliphatic imine (C=N–C) groups is 1. The van der Waals surface area contributed by atoms with Crippen molar-refractivity contribution in [3.63, 3.8) is 0 Å². The highest BCUT2D eigenvalue weighted by atomic mass is 19.4. The summed E-state index contributed by atoms with van der Waals surface area (Å²) in [5.41, 5.74) is 0.0132. The van der Waals surface area contributed by atoms with E-state index in [1.807, 2.05) is 6.92 Å². The summed E-state index contributed by atoms with van der Waals surface area (Å²) >= 11 is 0. The number of nitrogens with zero attached hydrogens (tertiary/aromatic N) is 1. The number of unbranched alkanes of at least 4 members (excludes halogenated alkanes) is 4. The molecule has 0 radical (unpaired) electrons. The van der Waals surface area contributed by atoms with Gasteiger partial charge in [0.15, 0.2) is 0 Å². The molecular weight excluding hydrogens is 375 g/mol. The number of carbonyl (C=O) groups is 1. The molecular formula is C20H26F3NO4. The predicted octanol–water partition coefficient (Wildman–Crippen LogP) is 5.72. The molecule has 0 fully saturated rings. The molecule has 0 aliphatic heterocycles. The average molecular weight is 401 g/mol. The van der Waals surface area contributed by atoms with Gasteiger partial charge in [-0.15, -0.1) is 0 Å². The standard InChI is InChI=1S/C20H26F3NO4/c1-4-6-7-8-9-10-17(18(25)27-5-2)28-19(20(21,22)23)24-15-11-13-16(26-3)14-12-15/h10-14H,4-9H2,1-3H3/b17-10-,24-19?. The van der Waals surface area contributed by atoms with Crippen LogP contribution in [0.15, 0.2) is 41.1 Å². The average Bonchev–Trinajstić information content (AvgIpc) is 2.66. The highest BCUT2D eigenvalue weighted by molar-refractivity contribution is 5.93. The Morgan fingerprint density at radius 3 is 2.32 bits per heavy atom. The maximum absolute atomic E-state index is 13.4. The number of halogens is 3. The molecule has 5 nitrogen and oxygen atoms in total. The zero-order chi connectivity index (χ0) is 21.0. The summed E-state index contributed by atoms with van der Waals surface area (Å²) in [5, 5.41) is 0. The Bertz CT molecular complexity index is 667. The summed E-state index contributed by atoms with van der Waals surface area (Å²) in [5.74, 6) is -2.52. The van der Waals surface area contributed by atoms with Crippen LogP contribution in [-0.4, -0.2) is 31.8 Å². The van der Waals surface area contributed by atoms with E-state index in [9.17, 15) is 18.0 Å². The van der Waals surface area contributed by atoms with Crippen LogP contribution in [-0.2, 0) is 14.3 Å². The molecule has 0 unspecified atom stereocenters. The van der Waals surface area contributed by atoms with Gasteiger partial charge >= 0.3 is 18.0 Å². The number of alkyl halides is 3. The van der Waals surface area contributed by atoms with Crippen molar-refractivity contribution in [2.45, 2.75) is 52.1 Å². The van der Waals surface area contributed by atoms with Crippen LogP contribution in [0.4, 0.5) is 18.9 Å². The van der Waals surface area contributed by atoms with E-state index < -0.39 is 23.8 Å². The lowest BCUT2D eigenvalue weighted by molar-refractivity contribution is -0.142. The van der Waals surface area contributed by atoms with Crippen LogP contribution in [0.2, 0.25) is 0 Å². The van der Waals surface area contributed by atoms with E-state index >= 15 is 0 Å². The molecule has 8 heteroatoms. The molecule has 0 saturated heterocycles. The number of methoxy groups -OCH3 is 1. The minimum absolute atomic E-state index is 0.0132. The predicted molar refractivity (Wildman–Crippen MR) is 101 cm³/mol. The van der Waals surface area contributed by atoms with Gasteiger partial charge in [0, 0.05) is 0 Å². The summed E-state index contributed by atoms with van der Waals surface area (Å²) < 4.78 is 54.8. The fraction of sp³-hybridized carbons (Fsp3) is 0.500. The van der Waals surface area contributed by atoms with E-state index in [2.05, 4.69) is 4.99 Å². The van der Waals surface area contributed by atoms with E-state index in [1.165, 1.54) is 37.5 Å². The van der Waals surface area contributed by atoms with Gasteiger partial charge in [0.2, 0.25) is 5.76 Å². The fourth-order valence-corrected chi connectivity index (χ4v) is 2.20. The highest BCUT2D eigenvalue weighted by Gasteiger charge is 2.40. The Balaban J connectivity index is 3.06. The summed E-state index contributed by atoms with van der Waals surface area (Å²) in [6.45, 7) is 3.63. The molecule has 1 aromatic rings. The Morgan fingerprint density at radius 1 is 1.11 bits per heavy atom. The molecule has 0 N–H and O–H groups in total. The molecule has 0 spiro atoms. The van der Waals surface area contributed by atoms with Crippen molar-refractivity contribution in [1.82, 2.24) is 0 Å². The number of carbonyl (C=O) groups excluding carboxylic acids is 1. The number of rotatable bonds is 10. The first-order valence-electron chi connectivity index (χ1n) is 9.16. The highest BCUT2D eigenvalue weighted by Crippen LogP contribution is 2.26. The first kappa shape index (κ1) is 23.5. The third-order valence-corrected chi connectivity index (χ3v) is 3.62. The van der Waals surface area contributed by atoms with Gasteiger partial charge in [-0.2, -0.15) is 13.2 Å². The smallest absolute Gasteiger partial charge is 0.468 e. The first-order valence-corrected chi connectivity index (χ1v) is 9.16. The molecule has 1 aromatic carbocycles. The van der Waals surface area contributed by atoms with Crippen LogP contribution >= 0.6 is 0 Å². The molecule has 0 aromatic heterocycles. The summed E-state index contributed by atoms with van der Waals surface area (Å²) in [6, 6.07) is 5.66. The minimum Gasteiger partial charge on any atom is -0.497 e. The monoisotopic (exact) mass is 401 g/mol. The Labute approximate surface area is 163 Å². The lowest BCUT2D eigenvalue weighted by atomic mass is 10.1. The van der Waals surface area contributed by atoms with Crippen LogP contribution < -0.4 is 4.74 Å². The van der Waals surface area contributed by atoms with Gasteiger partial charge in [-0.25, -0.2) is 9.79 Å². The van der Waals surface area contributed by atoms with E-state index in [-0.39, 0.29) is 12.3 Å². The van der Waals surface area contributed by atoms with Crippen LogP contribution in [0, 0.1) is 0 Å². The second kappa shape index (κ2) is 12.0. The maximum atomic E-state index is 13.4. The fourth-order valence-electron chi connectivity index (χ4n) is 2.20. The molecule has 0 bridgehead atoms. The maximum Gasteiger partial charge on any atom is 0.468 e. The van der Waals surface area contributed by atoms with Crippen LogP contribution in [0.3, 0.4) is 0 Å². The van der Waals surface area contributed by atoms with Crippen molar-refractivity contribution in [3.8, 4) is 5.75 Å². The Morgan fingerprint density at radius 2 is 1.79 bits per heavy atom. The SMILES string of the molecule is CCCCCC/C=C(\OC(=Nc1ccc(OC)cc1)C(F)(F)F)C(=O)OCC. The van der Waals surface area contributed by atoms with Crippen molar-refractivity contribution in [2.24, 2.45) is 4.99 Å². The molecule has 28 heavy (non-hydrogen) atoms. The third-order valence-electron chi connectivity index (χ3n) is 3.62. The molecule has 0 saturated carbocycles. The largest absolute Gasteiger partial charge is 0.497 e. The molecule has 0 amide bonds. The molecule has 1 rings (SSSR count). The Hall–Kier alpha value is -2.51. The normalized spacial score (nSPS) is 12.6. The molecule has 0 aliphatic rings. The molecule has 156 valence electrons. The number of esters is 1. The zero-order valence-corrected chi connectivity index (χ0v) is 16.3. The van der Waals surface area contributed by atoms with Gasteiger partial charge in [0.25, 0.3) is 0 Å². The summed E-state index contributed by atoms with van der Waals surface area (Å²) in [4.78, 5) is 15.5. The van der Waals surface area contributed by atoms with E-state index in [0.29, 0.717) is 12.2 Å². The van der Waals surface area contributed by atoms with E-state index in [0.717, 1.165) is 25.7 Å². The second-order valence-corrected chi connectivity index (χ2v) is 5.85. The molecule has 0 heterocycles. The van der Waals surface area contributed by atoms with Crippen molar-refractivity contribution >= 4 is 17.6 Å². The lowest BCUT2D eigenvalue weighted by Gasteiger charge is -2.14. The number of hydrogen-bond acceptors (Lipinski definition) is 5. The zero-order valence-electron chi connectivity index (χ0n) is 16.3. The molecule has 0 atom stereocenters. The lowest BCUT2D eigenvalue weighted by Crippen LogP contribution is -2.27. The van der Waals surface area contributed by atoms with Gasteiger partial charge in [0.05, 0.1) is 19.4 Å². The van der Waals surface area contributed by atoms with Gasteiger partial charge in [-0.05, 0) is 50.1 Å². The van der Waals surface area contributed by atoms with Crippen LogP contribution in [0.1, 0.15) is 46.0 Å². The second-order valence-electron chi connectivity index (χ2n) is 5.85. The van der Waals surface area contributed by atoms with Gasteiger partial charge in [-0.1, -0.05) is 26.2 Å².